The maximum absolute atomic E-state index is 7.25. The van der Waals surface area contributed by atoms with E-state index in [4.69, 9.17) is 15.9 Å². The van der Waals surface area contributed by atoms with E-state index in [1.807, 2.05) is 28.9 Å². The number of benzene rings is 1. The van der Waals surface area contributed by atoms with Gasteiger partial charge in [-0.05, 0) is 31.5 Å². The number of hydrogen-bond acceptors (Lipinski definition) is 4. The average Bonchev–Trinajstić information content (AvgIpc) is 2.86. The van der Waals surface area contributed by atoms with Crippen LogP contribution in [0.2, 0.25) is 0 Å². The Morgan fingerprint density at radius 2 is 2.05 bits per heavy atom. The van der Waals surface area contributed by atoms with Crippen molar-refractivity contribution in [1.29, 1.82) is 5.41 Å². The van der Waals surface area contributed by atoms with Crippen LogP contribution >= 0.6 is 0 Å². The highest BCUT2D eigenvalue weighted by atomic mass is 16.5. The summed E-state index contributed by atoms with van der Waals surface area (Å²) in [6.07, 6.45) is 2.00. The molecule has 0 atom stereocenters. The lowest BCUT2D eigenvalue weighted by atomic mass is 10.1. The fourth-order valence-corrected chi connectivity index (χ4v) is 1.88. The Morgan fingerprint density at radius 1 is 1.35 bits per heavy atom. The second-order valence-corrected chi connectivity index (χ2v) is 4.85. The van der Waals surface area contributed by atoms with Gasteiger partial charge in [0.1, 0.15) is 18.7 Å². The maximum Gasteiger partial charge on any atom is 0.165 e. The Labute approximate surface area is 118 Å². The van der Waals surface area contributed by atoms with Crippen LogP contribution in [0.4, 0.5) is 0 Å². The fourth-order valence-electron chi connectivity index (χ4n) is 1.88. The van der Waals surface area contributed by atoms with Crippen molar-refractivity contribution >= 4 is 5.84 Å². The minimum absolute atomic E-state index is 0.156. The minimum atomic E-state index is 0.156. The van der Waals surface area contributed by atoms with Crippen molar-refractivity contribution in [2.75, 3.05) is 0 Å². The Hall–Kier alpha value is -2.37. The number of aromatic nitrogens is 3. The number of rotatable bonds is 6. The van der Waals surface area contributed by atoms with Gasteiger partial charge in [0.05, 0.1) is 5.84 Å². The van der Waals surface area contributed by atoms with Crippen LogP contribution in [0.3, 0.4) is 0 Å². The molecular formula is C14H19N5O. The van der Waals surface area contributed by atoms with Crippen LogP contribution in [-0.2, 0) is 13.0 Å². The van der Waals surface area contributed by atoms with E-state index in [0.717, 1.165) is 17.1 Å². The van der Waals surface area contributed by atoms with E-state index in [9.17, 15) is 0 Å². The van der Waals surface area contributed by atoms with Crippen molar-refractivity contribution in [2.24, 2.45) is 5.73 Å². The summed E-state index contributed by atoms with van der Waals surface area (Å²) >= 11 is 0. The molecule has 0 spiro atoms. The molecule has 2 rings (SSSR count). The zero-order valence-corrected chi connectivity index (χ0v) is 11.7. The molecule has 20 heavy (non-hydrogen) atoms. The first kappa shape index (κ1) is 14.0. The van der Waals surface area contributed by atoms with E-state index in [-0.39, 0.29) is 11.9 Å². The van der Waals surface area contributed by atoms with Crippen molar-refractivity contribution in [1.82, 2.24) is 14.8 Å². The largest absolute Gasteiger partial charge is 0.486 e. The standard InChI is InChI=1S/C14H19N5O/c1-10(2)19-14(17-9-18-19)8-20-12-5-3-11(4-6-12)7-13(15)16/h3-6,9-10H,7-8H2,1-2H3,(H3,15,16). The highest BCUT2D eigenvalue weighted by Crippen LogP contribution is 2.15. The summed E-state index contributed by atoms with van der Waals surface area (Å²) in [7, 11) is 0. The Balaban J connectivity index is 1.97. The van der Waals surface area contributed by atoms with E-state index in [1.165, 1.54) is 6.33 Å². The second kappa shape index (κ2) is 6.18. The molecule has 0 saturated heterocycles. The first-order valence-corrected chi connectivity index (χ1v) is 6.49. The highest BCUT2D eigenvalue weighted by molar-refractivity contribution is 5.79. The topological polar surface area (TPSA) is 89.8 Å². The van der Waals surface area contributed by atoms with Crippen LogP contribution in [-0.4, -0.2) is 20.6 Å². The first-order valence-electron chi connectivity index (χ1n) is 6.49. The molecular weight excluding hydrogens is 254 g/mol. The number of amidine groups is 1. The molecule has 2 aromatic rings. The molecule has 106 valence electrons. The lowest BCUT2D eigenvalue weighted by Gasteiger charge is -2.10. The predicted molar refractivity (Wildman–Crippen MR) is 76.8 cm³/mol. The molecule has 0 radical (unpaired) electrons. The van der Waals surface area contributed by atoms with Crippen LogP contribution in [0, 0.1) is 5.41 Å². The van der Waals surface area contributed by atoms with Gasteiger partial charge in [-0.25, -0.2) is 9.67 Å². The second-order valence-electron chi connectivity index (χ2n) is 4.85. The minimum Gasteiger partial charge on any atom is -0.486 e. The summed E-state index contributed by atoms with van der Waals surface area (Å²) < 4.78 is 7.53. The monoisotopic (exact) mass is 273 g/mol. The zero-order valence-electron chi connectivity index (χ0n) is 11.7. The van der Waals surface area contributed by atoms with Gasteiger partial charge in [-0.2, -0.15) is 5.10 Å². The molecule has 0 aliphatic rings. The predicted octanol–water partition coefficient (Wildman–Crippen LogP) is 1.92. The maximum atomic E-state index is 7.25. The molecule has 6 nitrogen and oxygen atoms in total. The van der Waals surface area contributed by atoms with E-state index >= 15 is 0 Å². The van der Waals surface area contributed by atoms with Gasteiger partial charge in [-0.15, -0.1) is 0 Å². The SMILES string of the molecule is CC(C)n1ncnc1COc1ccc(CC(=N)N)cc1. The first-order chi connectivity index (χ1) is 9.56. The van der Waals surface area contributed by atoms with Gasteiger partial charge in [-0.1, -0.05) is 12.1 Å². The van der Waals surface area contributed by atoms with Gasteiger partial charge in [0.25, 0.3) is 0 Å². The third kappa shape index (κ3) is 3.57. The van der Waals surface area contributed by atoms with E-state index in [1.54, 1.807) is 0 Å². The van der Waals surface area contributed by atoms with E-state index in [2.05, 4.69) is 23.9 Å². The van der Waals surface area contributed by atoms with Gasteiger partial charge in [0.2, 0.25) is 0 Å². The van der Waals surface area contributed by atoms with Crippen LogP contribution < -0.4 is 10.5 Å². The normalized spacial score (nSPS) is 10.8. The van der Waals surface area contributed by atoms with Crippen molar-refractivity contribution in [3.05, 3.63) is 42.0 Å². The van der Waals surface area contributed by atoms with Crippen molar-refractivity contribution in [3.63, 3.8) is 0 Å². The summed E-state index contributed by atoms with van der Waals surface area (Å²) in [5, 5.41) is 11.4. The Bertz CT molecular complexity index is 574. The van der Waals surface area contributed by atoms with Crippen molar-refractivity contribution in [3.8, 4) is 5.75 Å². The van der Waals surface area contributed by atoms with Crippen LogP contribution in [0.25, 0.3) is 0 Å². The Kier molecular flexibility index (Phi) is 4.34. The van der Waals surface area contributed by atoms with Gasteiger partial charge in [0.15, 0.2) is 5.82 Å². The lowest BCUT2D eigenvalue weighted by molar-refractivity contribution is 0.282. The number of nitrogens with two attached hydrogens (primary N) is 1. The highest BCUT2D eigenvalue weighted by Gasteiger charge is 2.08. The van der Waals surface area contributed by atoms with Gasteiger partial charge in [-0.3, -0.25) is 5.41 Å². The van der Waals surface area contributed by atoms with Crippen LogP contribution in [0.5, 0.6) is 5.75 Å². The quantitative estimate of drug-likeness (QED) is 0.621. The molecule has 0 saturated carbocycles. The smallest absolute Gasteiger partial charge is 0.165 e. The summed E-state index contributed by atoms with van der Waals surface area (Å²) in [5.41, 5.74) is 6.36. The molecule has 3 N–H and O–H groups in total. The summed E-state index contributed by atoms with van der Waals surface area (Å²) in [6.45, 7) is 4.48. The van der Waals surface area contributed by atoms with Crippen LogP contribution in [0.15, 0.2) is 30.6 Å². The Morgan fingerprint density at radius 3 is 2.65 bits per heavy atom. The molecule has 0 amide bonds. The van der Waals surface area contributed by atoms with Crippen molar-refractivity contribution < 1.29 is 4.74 Å². The van der Waals surface area contributed by atoms with Gasteiger partial charge in [0, 0.05) is 12.5 Å². The van der Waals surface area contributed by atoms with Gasteiger partial charge >= 0.3 is 0 Å². The van der Waals surface area contributed by atoms with Crippen molar-refractivity contribution in [2.45, 2.75) is 32.9 Å². The molecule has 6 heteroatoms. The fraction of sp³-hybridized carbons (Fsp3) is 0.357. The molecule has 0 unspecified atom stereocenters. The molecule has 0 fully saturated rings. The number of ether oxygens (including phenoxy) is 1. The third-order valence-corrected chi connectivity index (χ3v) is 2.82. The molecule has 0 aliphatic carbocycles. The molecule has 0 aliphatic heterocycles. The van der Waals surface area contributed by atoms with Gasteiger partial charge < -0.3 is 10.5 Å². The van der Waals surface area contributed by atoms with E-state index < -0.39 is 0 Å². The molecule has 0 bridgehead atoms. The van der Waals surface area contributed by atoms with Crippen LogP contribution in [0.1, 0.15) is 31.3 Å². The van der Waals surface area contributed by atoms with E-state index in [0.29, 0.717) is 13.0 Å². The summed E-state index contributed by atoms with van der Waals surface area (Å²) in [4.78, 5) is 4.19. The molecule has 1 aromatic carbocycles. The summed E-state index contributed by atoms with van der Waals surface area (Å²) in [6, 6.07) is 7.81. The number of nitrogens with zero attached hydrogens (tertiary/aromatic N) is 3. The molecule has 1 aromatic heterocycles. The summed E-state index contributed by atoms with van der Waals surface area (Å²) in [5.74, 6) is 1.71. The zero-order chi connectivity index (χ0) is 14.5. The third-order valence-electron chi connectivity index (χ3n) is 2.82. The lowest BCUT2D eigenvalue weighted by Crippen LogP contribution is -2.12. The molecule has 1 heterocycles. The average molecular weight is 273 g/mol. The number of nitrogens with one attached hydrogen (secondary N) is 1. The number of hydrogen-bond donors (Lipinski definition) is 2.